The Morgan fingerprint density at radius 1 is 1.21 bits per heavy atom. The minimum absolute atomic E-state index is 0.336. The van der Waals surface area contributed by atoms with Crippen LogP contribution in [0.15, 0.2) is 53.0 Å². The first-order valence-corrected chi connectivity index (χ1v) is 6.42. The molecule has 0 saturated heterocycles. The molecule has 1 N–H and O–H groups in total. The Kier molecular flexibility index (Phi) is 4.16. The van der Waals surface area contributed by atoms with Gasteiger partial charge in [-0.3, -0.25) is 4.90 Å². The third-order valence-corrected chi connectivity index (χ3v) is 3.26. The summed E-state index contributed by atoms with van der Waals surface area (Å²) in [6.45, 7) is 0. The highest BCUT2D eigenvalue weighted by molar-refractivity contribution is 9.10. The molecule has 0 aliphatic heterocycles. The number of hydrogen-bond acceptors (Lipinski definition) is 1. The third kappa shape index (κ3) is 3.32. The maximum absolute atomic E-state index is 13.0. The second-order valence-corrected chi connectivity index (χ2v) is 4.81. The molecule has 0 aliphatic carbocycles. The molecule has 0 bridgehead atoms. The van der Waals surface area contributed by atoms with Gasteiger partial charge in [0.05, 0.1) is 5.69 Å². The van der Waals surface area contributed by atoms with E-state index in [9.17, 15) is 9.18 Å². The van der Waals surface area contributed by atoms with Gasteiger partial charge in [0.25, 0.3) is 0 Å². The summed E-state index contributed by atoms with van der Waals surface area (Å²) in [5.41, 5.74) is 1.15. The molecule has 0 fully saturated rings. The minimum atomic E-state index is -0.388. The van der Waals surface area contributed by atoms with Crippen molar-refractivity contribution >= 4 is 33.3 Å². The van der Waals surface area contributed by atoms with Gasteiger partial charge in [-0.05, 0) is 46.3 Å². The van der Waals surface area contributed by atoms with Gasteiger partial charge in [0, 0.05) is 17.2 Å². The zero-order valence-corrected chi connectivity index (χ0v) is 11.8. The molecule has 0 aliphatic rings. The quantitative estimate of drug-likeness (QED) is 0.880. The van der Waals surface area contributed by atoms with Crippen LogP contribution in [0.3, 0.4) is 0 Å². The molecule has 98 valence electrons. The monoisotopic (exact) mass is 322 g/mol. The molecule has 0 unspecified atom stereocenters. The molecule has 0 saturated carbocycles. The van der Waals surface area contributed by atoms with Crippen LogP contribution in [-0.4, -0.2) is 13.1 Å². The molecule has 0 spiro atoms. The number of nitrogens with zero attached hydrogens (tertiary/aromatic N) is 1. The molecule has 19 heavy (non-hydrogen) atoms. The van der Waals surface area contributed by atoms with E-state index in [0.717, 1.165) is 10.2 Å². The summed E-state index contributed by atoms with van der Waals surface area (Å²) in [4.78, 5) is 13.5. The van der Waals surface area contributed by atoms with Crippen LogP contribution in [0.5, 0.6) is 0 Å². The van der Waals surface area contributed by atoms with E-state index in [1.165, 1.54) is 17.0 Å². The number of halogens is 2. The number of carbonyl (C=O) groups is 1. The van der Waals surface area contributed by atoms with Gasteiger partial charge in [0.1, 0.15) is 5.82 Å². The van der Waals surface area contributed by atoms with Crippen molar-refractivity contribution in [2.45, 2.75) is 0 Å². The number of rotatable bonds is 2. The number of para-hydroxylation sites is 1. The molecule has 5 heteroatoms. The van der Waals surface area contributed by atoms with E-state index in [0.29, 0.717) is 5.69 Å². The molecule has 0 atom stereocenters. The third-order valence-electron chi connectivity index (χ3n) is 2.59. The smallest absolute Gasteiger partial charge is 0.307 e. The van der Waals surface area contributed by atoms with Gasteiger partial charge < -0.3 is 5.32 Å². The van der Waals surface area contributed by atoms with E-state index in [2.05, 4.69) is 21.2 Å². The zero-order valence-electron chi connectivity index (χ0n) is 10.2. The molecule has 0 heterocycles. The predicted octanol–water partition coefficient (Wildman–Crippen LogP) is 4.26. The van der Waals surface area contributed by atoms with Crippen LogP contribution in [0, 0.1) is 5.82 Å². The van der Waals surface area contributed by atoms with Crippen LogP contribution in [0.1, 0.15) is 0 Å². The van der Waals surface area contributed by atoms with Gasteiger partial charge in [-0.15, -0.1) is 0 Å². The van der Waals surface area contributed by atoms with E-state index in [1.54, 1.807) is 19.2 Å². The zero-order chi connectivity index (χ0) is 13.8. The van der Waals surface area contributed by atoms with Crippen molar-refractivity contribution in [3.8, 4) is 0 Å². The largest absolute Gasteiger partial charge is 0.326 e. The van der Waals surface area contributed by atoms with Crippen molar-refractivity contribution in [2.24, 2.45) is 0 Å². The maximum atomic E-state index is 13.0. The van der Waals surface area contributed by atoms with Crippen molar-refractivity contribution in [3.63, 3.8) is 0 Å². The number of benzene rings is 2. The van der Waals surface area contributed by atoms with E-state index >= 15 is 0 Å². The Morgan fingerprint density at radius 3 is 2.63 bits per heavy atom. The van der Waals surface area contributed by atoms with E-state index in [-0.39, 0.29) is 11.8 Å². The topological polar surface area (TPSA) is 32.3 Å². The Hall–Kier alpha value is -1.88. The maximum Gasteiger partial charge on any atom is 0.326 e. The molecular weight excluding hydrogens is 311 g/mol. The van der Waals surface area contributed by atoms with Crippen LogP contribution < -0.4 is 10.2 Å². The van der Waals surface area contributed by atoms with Crippen molar-refractivity contribution < 1.29 is 9.18 Å². The van der Waals surface area contributed by atoms with Gasteiger partial charge in [0.2, 0.25) is 0 Å². The number of urea groups is 1. The van der Waals surface area contributed by atoms with E-state index in [4.69, 9.17) is 0 Å². The van der Waals surface area contributed by atoms with Gasteiger partial charge in [-0.2, -0.15) is 0 Å². The Morgan fingerprint density at radius 2 is 1.95 bits per heavy atom. The molecule has 2 aromatic rings. The lowest BCUT2D eigenvalue weighted by Crippen LogP contribution is -2.31. The summed E-state index contributed by atoms with van der Waals surface area (Å²) < 4.78 is 13.8. The summed E-state index contributed by atoms with van der Waals surface area (Å²) in [7, 11) is 1.65. The number of amides is 2. The van der Waals surface area contributed by atoms with E-state index < -0.39 is 0 Å². The average molecular weight is 323 g/mol. The van der Waals surface area contributed by atoms with Crippen molar-refractivity contribution in [2.75, 3.05) is 17.3 Å². The van der Waals surface area contributed by atoms with Crippen LogP contribution in [0.4, 0.5) is 20.6 Å². The summed E-state index contributed by atoms with van der Waals surface area (Å²) in [5.74, 6) is -0.388. The van der Waals surface area contributed by atoms with Crippen LogP contribution in [0.2, 0.25) is 0 Å². The molecular formula is C14H12BrFN2O. The molecule has 2 rings (SSSR count). The Labute approximate surface area is 119 Å². The number of nitrogens with one attached hydrogen (secondary N) is 1. The van der Waals surface area contributed by atoms with Gasteiger partial charge >= 0.3 is 6.03 Å². The molecule has 3 nitrogen and oxygen atoms in total. The second kappa shape index (κ2) is 5.84. The summed E-state index contributed by atoms with van der Waals surface area (Å²) in [6.07, 6.45) is 0. The fourth-order valence-corrected chi connectivity index (χ4v) is 2.16. The van der Waals surface area contributed by atoms with Crippen molar-refractivity contribution in [1.82, 2.24) is 0 Å². The fourth-order valence-electron chi connectivity index (χ4n) is 1.61. The lowest BCUT2D eigenvalue weighted by molar-refractivity contribution is 0.258. The van der Waals surface area contributed by atoms with Crippen molar-refractivity contribution in [3.05, 3.63) is 58.8 Å². The summed E-state index contributed by atoms with van der Waals surface area (Å²) in [6, 6.07) is 12.8. The van der Waals surface area contributed by atoms with Crippen molar-refractivity contribution in [1.29, 1.82) is 0 Å². The van der Waals surface area contributed by atoms with Gasteiger partial charge in [0.15, 0.2) is 0 Å². The SMILES string of the molecule is CN(C(=O)Nc1cccc(F)c1)c1ccccc1Br. The summed E-state index contributed by atoms with van der Waals surface area (Å²) in [5, 5.41) is 2.63. The first kappa shape index (κ1) is 13.5. The van der Waals surface area contributed by atoms with E-state index in [1.807, 2.05) is 24.3 Å². The highest BCUT2D eigenvalue weighted by atomic mass is 79.9. The highest BCUT2D eigenvalue weighted by Gasteiger charge is 2.13. The minimum Gasteiger partial charge on any atom is -0.307 e. The first-order chi connectivity index (χ1) is 9.08. The van der Waals surface area contributed by atoms with Crippen LogP contribution >= 0.6 is 15.9 Å². The molecule has 0 radical (unpaired) electrons. The molecule has 2 aromatic carbocycles. The standard InChI is InChI=1S/C14H12BrFN2O/c1-18(13-8-3-2-7-12(13)15)14(19)17-11-6-4-5-10(16)9-11/h2-9H,1H3,(H,17,19). The molecule has 2 amide bonds. The number of carbonyl (C=O) groups excluding carboxylic acids is 1. The summed E-state index contributed by atoms with van der Waals surface area (Å²) >= 11 is 3.38. The lowest BCUT2D eigenvalue weighted by atomic mass is 10.3. The van der Waals surface area contributed by atoms with Crippen LogP contribution in [-0.2, 0) is 0 Å². The number of anilines is 2. The Balaban J connectivity index is 2.14. The normalized spacial score (nSPS) is 10.1. The predicted molar refractivity (Wildman–Crippen MR) is 78.0 cm³/mol. The second-order valence-electron chi connectivity index (χ2n) is 3.95. The van der Waals surface area contributed by atoms with Gasteiger partial charge in [-0.1, -0.05) is 18.2 Å². The Bertz CT molecular complexity index is 604. The first-order valence-electron chi connectivity index (χ1n) is 5.63. The van der Waals surface area contributed by atoms with Gasteiger partial charge in [-0.25, -0.2) is 9.18 Å². The van der Waals surface area contributed by atoms with Crippen LogP contribution in [0.25, 0.3) is 0 Å². The molecule has 0 aromatic heterocycles. The number of hydrogen-bond donors (Lipinski definition) is 1. The highest BCUT2D eigenvalue weighted by Crippen LogP contribution is 2.25. The average Bonchev–Trinajstić information content (AvgIpc) is 2.38. The lowest BCUT2D eigenvalue weighted by Gasteiger charge is -2.19. The fraction of sp³-hybridized carbons (Fsp3) is 0.0714.